The molecule has 0 unspecified atom stereocenters. The van der Waals surface area contributed by atoms with Gasteiger partial charge >= 0.3 is 0 Å². The van der Waals surface area contributed by atoms with Gasteiger partial charge in [-0.1, -0.05) is 0 Å². The van der Waals surface area contributed by atoms with E-state index >= 15 is 0 Å². The SMILES string of the molecule is C/C(C#N)=C(\Cn1cncn1)c1ccc(F)cc1F. The molecule has 0 N–H and O–H groups in total. The van der Waals surface area contributed by atoms with Gasteiger partial charge in [-0.15, -0.1) is 0 Å². The summed E-state index contributed by atoms with van der Waals surface area (Å²) >= 11 is 0. The molecule has 2 aromatic rings. The third-order valence-electron chi connectivity index (χ3n) is 2.66. The minimum atomic E-state index is -0.704. The van der Waals surface area contributed by atoms with E-state index in [0.717, 1.165) is 12.1 Å². The summed E-state index contributed by atoms with van der Waals surface area (Å²) < 4.78 is 28.2. The Morgan fingerprint density at radius 2 is 2.21 bits per heavy atom. The number of nitrogens with zero attached hydrogens (tertiary/aromatic N) is 4. The number of allylic oxidation sites excluding steroid dienone is 2. The Hall–Kier alpha value is -2.55. The zero-order valence-electron chi connectivity index (χ0n) is 10.1. The molecule has 1 aromatic carbocycles. The molecule has 4 nitrogen and oxygen atoms in total. The maximum Gasteiger partial charge on any atom is 0.137 e. The van der Waals surface area contributed by atoms with Crippen molar-refractivity contribution in [1.82, 2.24) is 14.8 Å². The van der Waals surface area contributed by atoms with Gasteiger partial charge in [0, 0.05) is 17.2 Å². The van der Waals surface area contributed by atoms with Gasteiger partial charge in [0.1, 0.15) is 24.3 Å². The Kier molecular flexibility index (Phi) is 3.66. The minimum Gasteiger partial charge on any atom is -0.248 e. The summed E-state index contributed by atoms with van der Waals surface area (Å²) in [5, 5.41) is 12.9. The van der Waals surface area contributed by atoms with Crippen LogP contribution >= 0.6 is 0 Å². The zero-order valence-corrected chi connectivity index (χ0v) is 10.1. The topological polar surface area (TPSA) is 54.5 Å². The van der Waals surface area contributed by atoms with Crippen molar-refractivity contribution in [3.05, 3.63) is 53.6 Å². The van der Waals surface area contributed by atoms with E-state index in [1.54, 1.807) is 6.92 Å². The summed E-state index contributed by atoms with van der Waals surface area (Å²) in [5.41, 5.74) is 0.988. The highest BCUT2D eigenvalue weighted by Crippen LogP contribution is 2.23. The second-order valence-electron chi connectivity index (χ2n) is 3.93. The lowest BCUT2D eigenvalue weighted by atomic mass is 10.0. The van der Waals surface area contributed by atoms with Crippen LogP contribution in [0, 0.1) is 23.0 Å². The van der Waals surface area contributed by atoms with E-state index < -0.39 is 11.6 Å². The lowest BCUT2D eigenvalue weighted by Gasteiger charge is -2.10. The molecule has 19 heavy (non-hydrogen) atoms. The molecule has 1 heterocycles. The van der Waals surface area contributed by atoms with E-state index in [2.05, 4.69) is 10.1 Å². The molecule has 2 rings (SSSR count). The van der Waals surface area contributed by atoms with Crippen LogP contribution < -0.4 is 0 Å². The minimum absolute atomic E-state index is 0.191. The number of halogens is 2. The molecule has 0 radical (unpaired) electrons. The van der Waals surface area contributed by atoms with Gasteiger partial charge in [-0.25, -0.2) is 18.4 Å². The molecular formula is C13H10F2N4. The van der Waals surface area contributed by atoms with Crippen LogP contribution in [0.5, 0.6) is 0 Å². The highest BCUT2D eigenvalue weighted by molar-refractivity contribution is 5.71. The van der Waals surface area contributed by atoms with Crippen LogP contribution in [0.1, 0.15) is 12.5 Å². The molecular weight excluding hydrogens is 250 g/mol. The van der Waals surface area contributed by atoms with E-state index in [1.807, 2.05) is 6.07 Å². The summed E-state index contributed by atoms with van der Waals surface area (Å²) in [4.78, 5) is 3.78. The van der Waals surface area contributed by atoms with Crippen LogP contribution in [0.2, 0.25) is 0 Å². The lowest BCUT2D eigenvalue weighted by Crippen LogP contribution is -2.04. The van der Waals surface area contributed by atoms with Crippen molar-refractivity contribution in [1.29, 1.82) is 5.26 Å². The van der Waals surface area contributed by atoms with Crippen molar-refractivity contribution in [3.8, 4) is 6.07 Å². The number of aromatic nitrogens is 3. The van der Waals surface area contributed by atoms with Gasteiger partial charge in [0.15, 0.2) is 0 Å². The third kappa shape index (κ3) is 2.83. The van der Waals surface area contributed by atoms with E-state index in [1.165, 1.54) is 23.4 Å². The van der Waals surface area contributed by atoms with Crippen molar-refractivity contribution in [2.24, 2.45) is 0 Å². The first-order valence-corrected chi connectivity index (χ1v) is 5.49. The normalized spacial score (nSPS) is 11.9. The van der Waals surface area contributed by atoms with Crippen molar-refractivity contribution in [2.75, 3.05) is 0 Å². The number of benzene rings is 1. The van der Waals surface area contributed by atoms with Crippen LogP contribution in [-0.4, -0.2) is 14.8 Å². The average molecular weight is 260 g/mol. The van der Waals surface area contributed by atoms with Crippen LogP contribution in [-0.2, 0) is 6.54 Å². The first-order chi connectivity index (χ1) is 9.11. The molecule has 0 amide bonds. The van der Waals surface area contributed by atoms with Gasteiger partial charge < -0.3 is 0 Å². The Morgan fingerprint density at radius 3 is 2.79 bits per heavy atom. The van der Waals surface area contributed by atoms with Crippen LogP contribution in [0.25, 0.3) is 5.57 Å². The fourth-order valence-electron chi connectivity index (χ4n) is 1.68. The maximum atomic E-state index is 13.8. The summed E-state index contributed by atoms with van der Waals surface area (Å²) in [6.07, 6.45) is 2.81. The second kappa shape index (κ2) is 5.40. The summed E-state index contributed by atoms with van der Waals surface area (Å²) in [6, 6.07) is 5.24. The maximum absolute atomic E-state index is 13.8. The number of hydrogen-bond acceptors (Lipinski definition) is 3. The van der Waals surface area contributed by atoms with E-state index in [4.69, 9.17) is 5.26 Å². The highest BCUT2D eigenvalue weighted by atomic mass is 19.1. The van der Waals surface area contributed by atoms with Gasteiger partial charge in [0.25, 0.3) is 0 Å². The second-order valence-corrected chi connectivity index (χ2v) is 3.93. The lowest BCUT2D eigenvalue weighted by molar-refractivity contribution is 0.579. The number of rotatable bonds is 3. The molecule has 0 bridgehead atoms. The monoisotopic (exact) mass is 260 g/mol. The molecule has 6 heteroatoms. The van der Waals surface area contributed by atoms with Gasteiger partial charge in [0.2, 0.25) is 0 Å². The third-order valence-corrected chi connectivity index (χ3v) is 2.66. The molecule has 0 spiro atoms. The molecule has 0 aliphatic carbocycles. The Morgan fingerprint density at radius 1 is 1.42 bits per heavy atom. The van der Waals surface area contributed by atoms with Crippen LogP contribution in [0.15, 0.2) is 36.4 Å². The Balaban J connectivity index is 2.48. The van der Waals surface area contributed by atoms with Gasteiger partial charge in [-0.05, 0) is 24.6 Å². The summed E-state index contributed by atoms with van der Waals surface area (Å²) in [6.45, 7) is 1.77. The van der Waals surface area contributed by atoms with Crippen molar-refractivity contribution >= 4 is 5.57 Å². The molecule has 0 saturated heterocycles. The van der Waals surface area contributed by atoms with Crippen molar-refractivity contribution < 1.29 is 8.78 Å². The zero-order chi connectivity index (χ0) is 13.8. The smallest absolute Gasteiger partial charge is 0.137 e. The quantitative estimate of drug-likeness (QED) is 0.797. The van der Waals surface area contributed by atoms with Crippen LogP contribution in [0.4, 0.5) is 8.78 Å². The van der Waals surface area contributed by atoms with Gasteiger partial charge in [-0.2, -0.15) is 10.4 Å². The summed E-state index contributed by atoms with van der Waals surface area (Å²) in [7, 11) is 0. The Labute approximate surface area is 108 Å². The molecule has 0 aliphatic rings. The molecule has 1 aromatic heterocycles. The fraction of sp³-hybridized carbons (Fsp3) is 0.154. The first kappa shape index (κ1) is 12.9. The van der Waals surface area contributed by atoms with E-state index in [9.17, 15) is 8.78 Å². The molecule has 0 aliphatic heterocycles. The first-order valence-electron chi connectivity index (χ1n) is 5.49. The van der Waals surface area contributed by atoms with Crippen molar-refractivity contribution in [3.63, 3.8) is 0 Å². The predicted molar refractivity (Wildman–Crippen MR) is 64.6 cm³/mol. The molecule has 0 atom stereocenters. The van der Waals surface area contributed by atoms with Crippen LogP contribution in [0.3, 0.4) is 0 Å². The predicted octanol–water partition coefficient (Wildman–Crippen LogP) is 2.55. The molecule has 0 fully saturated rings. The van der Waals surface area contributed by atoms with Gasteiger partial charge in [0.05, 0.1) is 12.6 Å². The summed E-state index contributed by atoms with van der Waals surface area (Å²) in [5.74, 6) is -1.36. The number of hydrogen-bond donors (Lipinski definition) is 0. The fourth-order valence-corrected chi connectivity index (χ4v) is 1.68. The number of nitriles is 1. The average Bonchev–Trinajstić information content (AvgIpc) is 2.89. The largest absolute Gasteiger partial charge is 0.248 e. The standard InChI is InChI=1S/C13H10F2N4/c1-9(5-16)12(6-19-8-17-7-18-19)11-3-2-10(14)4-13(11)15/h2-4,7-8H,6H2,1H3/b12-9-. The molecule has 0 saturated carbocycles. The van der Waals surface area contributed by atoms with E-state index in [-0.39, 0.29) is 12.1 Å². The van der Waals surface area contributed by atoms with Crippen molar-refractivity contribution in [2.45, 2.75) is 13.5 Å². The van der Waals surface area contributed by atoms with E-state index in [0.29, 0.717) is 11.1 Å². The molecule has 96 valence electrons. The Bertz CT molecular complexity index is 654. The highest BCUT2D eigenvalue weighted by Gasteiger charge is 2.13. The van der Waals surface area contributed by atoms with Gasteiger partial charge in [-0.3, -0.25) is 0 Å².